The van der Waals surface area contributed by atoms with Crippen LogP contribution in [0.5, 0.6) is 0 Å². The van der Waals surface area contributed by atoms with Crippen LogP contribution in [0.2, 0.25) is 0 Å². The third kappa shape index (κ3) is 2.22. The number of halogens is 1. The Kier molecular flexibility index (Phi) is 2.78. The molecule has 0 saturated heterocycles. The average molecular weight is 222 g/mol. The van der Waals surface area contributed by atoms with E-state index in [2.05, 4.69) is 15.3 Å². The topological polar surface area (TPSA) is 54.9 Å². The minimum atomic E-state index is -0.236. The van der Waals surface area contributed by atoms with Gasteiger partial charge in [0.15, 0.2) is 0 Å². The monoisotopic (exact) mass is 221 g/mol. The number of carbonyl (C=O) groups is 1. The van der Waals surface area contributed by atoms with Crippen molar-refractivity contribution in [3.05, 3.63) is 30.6 Å². The number of fused-ring (bicyclic) bond motifs is 1. The van der Waals surface area contributed by atoms with Crippen LogP contribution in [-0.4, -0.2) is 21.8 Å². The van der Waals surface area contributed by atoms with E-state index in [-0.39, 0.29) is 11.8 Å². The highest BCUT2D eigenvalue weighted by Crippen LogP contribution is 2.14. The van der Waals surface area contributed by atoms with E-state index in [4.69, 9.17) is 11.6 Å². The lowest BCUT2D eigenvalue weighted by molar-refractivity contribution is -0.113. The third-order valence-corrected chi connectivity index (χ3v) is 2.12. The smallest absolute Gasteiger partial charge is 0.239 e. The molecule has 15 heavy (non-hydrogen) atoms. The summed E-state index contributed by atoms with van der Waals surface area (Å²) in [6.07, 6.45) is 3.23. The maximum Gasteiger partial charge on any atom is 0.239 e. The summed E-state index contributed by atoms with van der Waals surface area (Å²) in [7, 11) is 0. The van der Waals surface area contributed by atoms with Crippen molar-refractivity contribution in [1.82, 2.24) is 9.97 Å². The molecule has 1 aromatic heterocycles. The van der Waals surface area contributed by atoms with Gasteiger partial charge in [0.2, 0.25) is 5.91 Å². The Labute approximate surface area is 91.3 Å². The molecule has 0 aliphatic rings. The molecule has 5 heteroatoms. The largest absolute Gasteiger partial charge is 0.325 e. The Balaban J connectivity index is 2.34. The number of hydrogen-bond donors (Lipinski definition) is 1. The van der Waals surface area contributed by atoms with Gasteiger partial charge in [-0.15, -0.1) is 11.6 Å². The molecule has 4 nitrogen and oxygen atoms in total. The van der Waals surface area contributed by atoms with Crippen LogP contribution in [0.4, 0.5) is 5.69 Å². The van der Waals surface area contributed by atoms with Gasteiger partial charge in [0, 0.05) is 18.1 Å². The van der Waals surface area contributed by atoms with E-state index in [1.54, 1.807) is 30.6 Å². The molecular weight excluding hydrogens is 214 g/mol. The fourth-order valence-corrected chi connectivity index (χ4v) is 1.30. The fourth-order valence-electron chi connectivity index (χ4n) is 1.24. The Morgan fingerprint density at radius 1 is 1.27 bits per heavy atom. The van der Waals surface area contributed by atoms with Gasteiger partial charge in [0.05, 0.1) is 11.0 Å². The summed E-state index contributed by atoms with van der Waals surface area (Å²) >= 11 is 5.38. The molecule has 2 aromatic rings. The molecule has 0 fully saturated rings. The van der Waals surface area contributed by atoms with Gasteiger partial charge in [0.1, 0.15) is 5.88 Å². The van der Waals surface area contributed by atoms with E-state index < -0.39 is 0 Å². The summed E-state index contributed by atoms with van der Waals surface area (Å²) in [4.78, 5) is 19.3. The highest BCUT2D eigenvalue weighted by Gasteiger charge is 2.01. The van der Waals surface area contributed by atoms with E-state index in [9.17, 15) is 4.79 Å². The van der Waals surface area contributed by atoms with Gasteiger partial charge in [-0.25, -0.2) is 0 Å². The molecule has 1 amide bonds. The molecule has 0 radical (unpaired) electrons. The number of amides is 1. The first kappa shape index (κ1) is 9.86. The summed E-state index contributed by atoms with van der Waals surface area (Å²) < 4.78 is 0. The van der Waals surface area contributed by atoms with Crippen LogP contribution in [-0.2, 0) is 4.79 Å². The van der Waals surface area contributed by atoms with Crippen LogP contribution in [0.1, 0.15) is 0 Å². The number of nitrogens with zero attached hydrogens (tertiary/aromatic N) is 2. The first-order valence-corrected chi connectivity index (χ1v) is 4.89. The van der Waals surface area contributed by atoms with Gasteiger partial charge in [0.25, 0.3) is 0 Å². The zero-order valence-electron chi connectivity index (χ0n) is 7.77. The van der Waals surface area contributed by atoms with Crippen molar-refractivity contribution in [3.8, 4) is 0 Å². The van der Waals surface area contributed by atoms with Crippen molar-refractivity contribution >= 4 is 34.2 Å². The van der Waals surface area contributed by atoms with Gasteiger partial charge >= 0.3 is 0 Å². The lowest BCUT2D eigenvalue weighted by Crippen LogP contribution is -2.12. The van der Waals surface area contributed by atoms with Crippen LogP contribution in [0.3, 0.4) is 0 Å². The van der Waals surface area contributed by atoms with Crippen molar-refractivity contribution in [1.29, 1.82) is 0 Å². The van der Waals surface area contributed by atoms with Crippen LogP contribution < -0.4 is 5.32 Å². The molecule has 0 aliphatic heterocycles. The Bertz CT molecular complexity index is 501. The molecule has 1 aromatic carbocycles. The normalized spacial score (nSPS) is 10.2. The lowest BCUT2D eigenvalue weighted by atomic mass is 10.2. The van der Waals surface area contributed by atoms with Gasteiger partial charge in [-0.3, -0.25) is 14.8 Å². The van der Waals surface area contributed by atoms with E-state index in [0.717, 1.165) is 11.0 Å². The SMILES string of the molecule is O=C(CCl)Nc1ccc2nccnc2c1. The predicted molar refractivity (Wildman–Crippen MR) is 58.9 cm³/mol. The Morgan fingerprint density at radius 3 is 2.73 bits per heavy atom. The number of carbonyl (C=O) groups excluding carboxylic acids is 1. The van der Waals surface area contributed by atoms with Crippen molar-refractivity contribution < 1.29 is 4.79 Å². The standard InChI is InChI=1S/C10H8ClN3O/c11-6-10(15)14-7-1-2-8-9(5-7)13-4-3-12-8/h1-5H,6H2,(H,14,15). The van der Waals surface area contributed by atoms with E-state index in [0.29, 0.717) is 5.69 Å². The quantitative estimate of drug-likeness (QED) is 0.787. The number of aromatic nitrogens is 2. The predicted octanol–water partition coefficient (Wildman–Crippen LogP) is 1.81. The van der Waals surface area contributed by atoms with Gasteiger partial charge in [-0.1, -0.05) is 0 Å². The maximum atomic E-state index is 11.0. The lowest BCUT2D eigenvalue weighted by Gasteiger charge is -2.03. The second kappa shape index (κ2) is 4.23. The van der Waals surface area contributed by atoms with Crippen LogP contribution >= 0.6 is 11.6 Å². The molecular formula is C10H8ClN3O. The zero-order valence-corrected chi connectivity index (χ0v) is 8.53. The summed E-state index contributed by atoms with van der Waals surface area (Å²) in [5.41, 5.74) is 2.21. The number of anilines is 1. The molecule has 2 rings (SSSR count). The van der Waals surface area contributed by atoms with Crippen LogP contribution in [0.15, 0.2) is 30.6 Å². The van der Waals surface area contributed by atoms with E-state index >= 15 is 0 Å². The Morgan fingerprint density at radius 2 is 2.00 bits per heavy atom. The molecule has 0 spiro atoms. The van der Waals surface area contributed by atoms with Crippen LogP contribution in [0.25, 0.3) is 11.0 Å². The molecule has 76 valence electrons. The first-order chi connectivity index (χ1) is 7.29. The summed E-state index contributed by atoms with van der Waals surface area (Å²) in [5, 5.41) is 2.65. The minimum Gasteiger partial charge on any atom is -0.325 e. The second-order valence-corrected chi connectivity index (χ2v) is 3.21. The van der Waals surface area contributed by atoms with Crippen molar-refractivity contribution in [2.45, 2.75) is 0 Å². The molecule has 1 heterocycles. The Hall–Kier alpha value is -1.68. The average Bonchev–Trinajstić information content (AvgIpc) is 2.29. The summed E-state index contributed by atoms with van der Waals surface area (Å²) in [6, 6.07) is 5.32. The number of alkyl halides is 1. The summed E-state index contributed by atoms with van der Waals surface area (Å²) in [5.74, 6) is -0.293. The van der Waals surface area contributed by atoms with Crippen molar-refractivity contribution in [3.63, 3.8) is 0 Å². The second-order valence-electron chi connectivity index (χ2n) is 2.94. The van der Waals surface area contributed by atoms with E-state index in [1.165, 1.54) is 0 Å². The highest BCUT2D eigenvalue weighted by atomic mass is 35.5. The minimum absolute atomic E-state index is 0.0570. The molecule has 0 bridgehead atoms. The molecule has 1 N–H and O–H groups in total. The highest BCUT2D eigenvalue weighted by molar-refractivity contribution is 6.29. The summed E-state index contributed by atoms with van der Waals surface area (Å²) in [6.45, 7) is 0. The molecule has 0 saturated carbocycles. The number of nitrogens with one attached hydrogen (secondary N) is 1. The van der Waals surface area contributed by atoms with Crippen LogP contribution in [0, 0.1) is 0 Å². The molecule has 0 unspecified atom stereocenters. The molecule has 0 atom stereocenters. The number of rotatable bonds is 2. The van der Waals surface area contributed by atoms with Crippen molar-refractivity contribution in [2.24, 2.45) is 0 Å². The van der Waals surface area contributed by atoms with Gasteiger partial charge < -0.3 is 5.32 Å². The van der Waals surface area contributed by atoms with Gasteiger partial charge in [-0.2, -0.15) is 0 Å². The first-order valence-electron chi connectivity index (χ1n) is 4.36. The van der Waals surface area contributed by atoms with E-state index in [1.807, 2.05) is 0 Å². The molecule has 0 aliphatic carbocycles. The number of benzene rings is 1. The van der Waals surface area contributed by atoms with Gasteiger partial charge in [-0.05, 0) is 18.2 Å². The third-order valence-electron chi connectivity index (χ3n) is 1.87. The number of hydrogen-bond acceptors (Lipinski definition) is 3. The maximum absolute atomic E-state index is 11.0. The zero-order chi connectivity index (χ0) is 10.7. The van der Waals surface area contributed by atoms with Crippen molar-refractivity contribution in [2.75, 3.05) is 11.2 Å². The fraction of sp³-hybridized carbons (Fsp3) is 0.100.